The van der Waals surface area contributed by atoms with Gasteiger partial charge in [0.15, 0.2) is 0 Å². The van der Waals surface area contributed by atoms with Crippen molar-refractivity contribution >= 4 is 31.6 Å². The number of anilines is 1. The van der Waals surface area contributed by atoms with Gasteiger partial charge in [-0.2, -0.15) is 0 Å². The predicted molar refractivity (Wildman–Crippen MR) is 71.6 cm³/mol. The molecule has 1 heterocycles. The molecule has 0 unspecified atom stereocenters. The molecule has 0 amide bonds. The number of benzene rings is 1. The molecular weight excluding hydrogens is 339 g/mol. The van der Waals surface area contributed by atoms with Gasteiger partial charge in [0.1, 0.15) is 10.7 Å². The van der Waals surface area contributed by atoms with Gasteiger partial charge in [0.25, 0.3) is 10.0 Å². The third-order valence-electron chi connectivity index (χ3n) is 2.37. The summed E-state index contributed by atoms with van der Waals surface area (Å²) < 4.78 is 40.2. The van der Waals surface area contributed by atoms with E-state index in [-0.39, 0.29) is 17.2 Å². The molecule has 0 aliphatic heterocycles. The molecule has 3 N–H and O–H groups in total. The highest BCUT2D eigenvalue weighted by molar-refractivity contribution is 9.10. The molecule has 0 atom stereocenters. The van der Waals surface area contributed by atoms with Gasteiger partial charge in [-0.3, -0.25) is 4.72 Å². The van der Waals surface area contributed by atoms with Gasteiger partial charge in [0, 0.05) is 16.4 Å². The lowest BCUT2D eigenvalue weighted by molar-refractivity contribution is 0.277. The molecule has 8 heteroatoms. The first-order valence-corrected chi connectivity index (χ1v) is 7.46. The Morgan fingerprint density at radius 2 is 2.11 bits per heavy atom. The van der Waals surface area contributed by atoms with Crippen LogP contribution < -0.4 is 4.72 Å². The smallest absolute Gasteiger partial charge is 0.263 e. The molecule has 0 bridgehead atoms. The van der Waals surface area contributed by atoms with Crippen LogP contribution >= 0.6 is 15.9 Å². The molecule has 0 fully saturated rings. The normalized spacial score (nSPS) is 11.5. The number of hydrogen-bond acceptors (Lipinski definition) is 3. The molecule has 2 aromatic rings. The van der Waals surface area contributed by atoms with Crippen LogP contribution in [0.1, 0.15) is 5.69 Å². The molecular formula is C11H10BrFN2O3S. The van der Waals surface area contributed by atoms with E-state index in [1.54, 1.807) is 0 Å². The third-order valence-corrected chi connectivity index (χ3v) is 4.21. The van der Waals surface area contributed by atoms with Gasteiger partial charge in [-0.05, 0) is 24.3 Å². The third kappa shape index (κ3) is 3.14. The van der Waals surface area contributed by atoms with Crippen molar-refractivity contribution in [1.29, 1.82) is 0 Å². The summed E-state index contributed by atoms with van der Waals surface area (Å²) >= 11 is 3.13. The largest absolute Gasteiger partial charge is 0.390 e. The highest BCUT2D eigenvalue weighted by Gasteiger charge is 2.18. The first kappa shape index (κ1) is 14.0. The van der Waals surface area contributed by atoms with Gasteiger partial charge in [0.2, 0.25) is 0 Å². The van der Waals surface area contributed by atoms with Crippen LogP contribution in [0.5, 0.6) is 0 Å². The van der Waals surface area contributed by atoms with Gasteiger partial charge >= 0.3 is 0 Å². The van der Waals surface area contributed by atoms with Crippen molar-refractivity contribution in [3.05, 3.63) is 46.4 Å². The second-order valence-electron chi connectivity index (χ2n) is 3.75. The van der Waals surface area contributed by atoms with E-state index in [1.807, 2.05) is 0 Å². The second kappa shape index (κ2) is 5.32. The summed E-state index contributed by atoms with van der Waals surface area (Å²) in [5, 5.41) is 8.87. The van der Waals surface area contributed by atoms with E-state index in [0.717, 1.165) is 6.07 Å². The number of aliphatic hydroxyl groups excluding tert-OH is 1. The van der Waals surface area contributed by atoms with E-state index < -0.39 is 15.8 Å². The van der Waals surface area contributed by atoms with Crippen LogP contribution in [0.15, 0.2) is 39.8 Å². The van der Waals surface area contributed by atoms with Crippen molar-refractivity contribution < 1.29 is 17.9 Å². The van der Waals surface area contributed by atoms with Crippen molar-refractivity contribution in [2.24, 2.45) is 0 Å². The van der Waals surface area contributed by atoms with E-state index in [1.165, 1.54) is 24.4 Å². The first-order chi connectivity index (χ1) is 8.92. The van der Waals surface area contributed by atoms with Crippen LogP contribution in [0.3, 0.4) is 0 Å². The molecule has 102 valence electrons. The highest BCUT2D eigenvalue weighted by atomic mass is 79.9. The van der Waals surface area contributed by atoms with Gasteiger partial charge in [-0.15, -0.1) is 0 Å². The number of sulfonamides is 1. The highest BCUT2D eigenvalue weighted by Crippen LogP contribution is 2.23. The number of aromatic nitrogens is 1. The molecule has 1 aromatic heterocycles. The van der Waals surface area contributed by atoms with E-state index in [2.05, 4.69) is 25.6 Å². The molecule has 0 aliphatic carbocycles. The number of halogens is 2. The maximum Gasteiger partial charge on any atom is 0.263 e. The summed E-state index contributed by atoms with van der Waals surface area (Å²) in [7, 11) is -3.90. The molecule has 0 spiro atoms. The number of aromatic amines is 1. The minimum Gasteiger partial charge on any atom is -0.390 e. The molecule has 0 saturated heterocycles. The number of nitrogens with one attached hydrogen (secondary N) is 2. The average molecular weight is 349 g/mol. The van der Waals surface area contributed by atoms with Crippen molar-refractivity contribution in [3.63, 3.8) is 0 Å². The van der Waals surface area contributed by atoms with Gasteiger partial charge < -0.3 is 10.1 Å². The maximum atomic E-state index is 13.5. The zero-order chi connectivity index (χ0) is 14.0. The van der Waals surface area contributed by atoms with Crippen molar-refractivity contribution in [2.75, 3.05) is 4.72 Å². The molecule has 0 aliphatic rings. The minimum atomic E-state index is -3.90. The lowest BCUT2D eigenvalue weighted by Gasteiger charge is -2.07. The molecule has 5 nitrogen and oxygen atoms in total. The molecule has 0 radical (unpaired) electrons. The number of aliphatic hydroxyl groups is 1. The summed E-state index contributed by atoms with van der Waals surface area (Å²) in [6.07, 6.45) is 1.23. The van der Waals surface area contributed by atoms with Crippen molar-refractivity contribution in [1.82, 2.24) is 4.98 Å². The Morgan fingerprint density at radius 1 is 1.37 bits per heavy atom. The topological polar surface area (TPSA) is 82.2 Å². The fourth-order valence-electron chi connectivity index (χ4n) is 1.44. The van der Waals surface area contributed by atoms with E-state index in [4.69, 9.17) is 5.11 Å². The fourth-order valence-corrected chi connectivity index (χ4v) is 2.88. The van der Waals surface area contributed by atoms with Crippen LogP contribution in [0, 0.1) is 5.82 Å². The SMILES string of the molecule is O=S(=O)(Nc1cc(Br)ccc1F)c1c[nH]c(CO)c1. The Kier molecular flexibility index (Phi) is 3.93. The molecule has 2 rings (SSSR count). The van der Waals surface area contributed by atoms with Crippen LogP contribution in [-0.2, 0) is 16.6 Å². The second-order valence-corrected chi connectivity index (χ2v) is 6.35. The zero-order valence-corrected chi connectivity index (χ0v) is 11.9. The number of rotatable bonds is 4. The summed E-state index contributed by atoms with van der Waals surface area (Å²) in [6, 6.07) is 5.22. The van der Waals surface area contributed by atoms with Crippen LogP contribution in [-0.4, -0.2) is 18.5 Å². The summed E-state index contributed by atoms with van der Waals surface area (Å²) in [4.78, 5) is 2.53. The first-order valence-electron chi connectivity index (χ1n) is 5.18. The Morgan fingerprint density at radius 3 is 2.74 bits per heavy atom. The van der Waals surface area contributed by atoms with E-state index in [9.17, 15) is 12.8 Å². The quantitative estimate of drug-likeness (QED) is 0.792. The van der Waals surface area contributed by atoms with Crippen molar-refractivity contribution in [2.45, 2.75) is 11.5 Å². The Balaban J connectivity index is 2.33. The molecule has 0 saturated carbocycles. The van der Waals surface area contributed by atoms with Gasteiger partial charge in [-0.25, -0.2) is 12.8 Å². The number of hydrogen-bond donors (Lipinski definition) is 3. The monoisotopic (exact) mass is 348 g/mol. The van der Waals surface area contributed by atoms with E-state index in [0.29, 0.717) is 10.2 Å². The van der Waals surface area contributed by atoms with E-state index >= 15 is 0 Å². The average Bonchev–Trinajstić information content (AvgIpc) is 2.83. The van der Waals surface area contributed by atoms with Gasteiger partial charge in [0.05, 0.1) is 12.3 Å². The summed E-state index contributed by atoms with van der Waals surface area (Å²) in [5.74, 6) is -0.676. The zero-order valence-electron chi connectivity index (χ0n) is 9.52. The molecule has 1 aromatic carbocycles. The predicted octanol–water partition coefficient (Wildman–Crippen LogP) is 2.21. The maximum absolute atomic E-state index is 13.5. The number of H-pyrrole nitrogens is 1. The lowest BCUT2D eigenvalue weighted by atomic mass is 10.3. The van der Waals surface area contributed by atoms with Crippen LogP contribution in [0.4, 0.5) is 10.1 Å². The Labute approximate surface area is 117 Å². The van der Waals surface area contributed by atoms with Gasteiger partial charge in [-0.1, -0.05) is 15.9 Å². The Hall–Kier alpha value is -1.38. The summed E-state index contributed by atoms with van der Waals surface area (Å²) in [6.45, 7) is -0.305. The lowest BCUT2D eigenvalue weighted by Crippen LogP contribution is -2.13. The fraction of sp³-hybridized carbons (Fsp3) is 0.0909. The standard InChI is InChI=1S/C11H10BrFN2O3S/c12-7-1-2-10(13)11(3-7)15-19(17,18)9-4-8(6-16)14-5-9/h1-5,14-16H,6H2. The minimum absolute atomic E-state index is 0.0732. The van der Waals surface area contributed by atoms with Crippen LogP contribution in [0.25, 0.3) is 0 Å². The van der Waals surface area contributed by atoms with Crippen LogP contribution in [0.2, 0.25) is 0 Å². The Bertz CT molecular complexity index is 700. The summed E-state index contributed by atoms with van der Waals surface area (Å²) in [5.41, 5.74) is 0.205. The molecule has 19 heavy (non-hydrogen) atoms. The van der Waals surface area contributed by atoms with Crippen molar-refractivity contribution in [3.8, 4) is 0 Å².